The van der Waals surface area contributed by atoms with Crippen LogP contribution in [0.5, 0.6) is 0 Å². The van der Waals surface area contributed by atoms with Crippen molar-refractivity contribution in [3.8, 4) is 0 Å². The van der Waals surface area contributed by atoms with Gasteiger partial charge in [-0.25, -0.2) is 4.89 Å². The Morgan fingerprint density at radius 3 is 2.27 bits per heavy atom. The normalized spacial score (nSPS) is 18.9. The highest BCUT2D eigenvalue weighted by atomic mass is 17.1. The fourth-order valence-electron chi connectivity index (χ4n) is 0.504. The second-order valence-electron chi connectivity index (χ2n) is 1.94. The fraction of sp³-hybridized carbons (Fsp3) is 0.800. The molecule has 0 unspecified atom stereocenters. The Labute approximate surface area is 62.6 Å². The maximum atomic E-state index is 9.85. The Morgan fingerprint density at radius 1 is 1.45 bits per heavy atom. The molecule has 0 saturated heterocycles. The first-order chi connectivity index (χ1) is 5.17. The van der Waals surface area contributed by atoms with Crippen LogP contribution in [0.1, 0.15) is 0 Å². The van der Waals surface area contributed by atoms with E-state index in [0.29, 0.717) is 0 Å². The van der Waals surface area contributed by atoms with Crippen molar-refractivity contribution in [1.82, 2.24) is 0 Å². The monoisotopic (exact) mass is 166 g/mol. The van der Waals surface area contributed by atoms with Gasteiger partial charge in [-0.15, -0.1) is 0 Å². The molecular weight excluding hydrogens is 156 g/mol. The molecule has 3 atom stereocenters. The summed E-state index contributed by atoms with van der Waals surface area (Å²) in [6.45, 7) is -0.692. The zero-order chi connectivity index (χ0) is 8.85. The van der Waals surface area contributed by atoms with Crippen molar-refractivity contribution in [3.05, 3.63) is 0 Å². The third-order valence-corrected chi connectivity index (χ3v) is 1.19. The highest BCUT2D eigenvalue weighted by molar-refractivity contribution is 5.56. The van der Waals surface area contributed by atoms with E-state index in [1.807, 2.05) is 0 Å². The lowest BCUT2D eigenvalue weighted by atomic mass is 10.1. The minimum absolute atomic E-state index is 0.0757. The molecule has 0 saturated carbocycles. The molecule has 66 valence electrons. The first-order valence-electron chi connectivity index (χ1n) is 2.89. The molecule has 0 rings (SSSR count). The average Bonchev–Trinajstić information content (AvgIpc) is 2.05. The van der Waals surface area contributed by atoms with E-state index in [1.165, 1.54) is 0 Å². The van der Waals surface area contributed by atoms with Gasteiger partial charge in [0.1, 0.15) is 18.3 Å². The number of carbonyl (C=O) groups excluding carboxylic acids is 1. The van der Waals surface area contributed by atoms with E-state index in [4.69, 9.17) is 20.6 Å². The van der Waals surface area contributed by atoms with Gasteiger partial charge in [0.2, 0.25) is 0 Å². The number of aliphatic hydroxyl groups is 3. The van der Waals surface area contributed by atoms with Crippen molar-refractivity contribution in [1.29, 1.82) is 0 Å². The van der Waals surface area contributed by atoms with Crippen LogP contribution in [-0.4, -0.2) is 51.8 Å². The first-order valence-corrected chi connectivity index (χ1v) is 2.89. The van der Waals surface area contributed by atoms with Gasteiger partial charge in [-0.1, -0.05) is 0 Å². The molecule has 0 aromatic heterocycles. The molecule has 4 N–H and O–H groups in total. The Hall–Kier alpha value is -0.530. The van der Waals surface area contributed by atoms with Gasteiger partial charge in [-0.05, 0) is 0 Å². The smallest absolute Gasteiger partial charge is 0.151 e. The minimum atomic E-state index is -1.67. The third kappa shape index (κ3) is 2.91. The summed E-state index contributed by atoms with van der Waals surface area (Å²) in [5.74, 6) is 0. The Balaban J connectivity index is 3.95. The summed E-state index contributed by atoms with van der Waals surface area (Å²) in [4.78, 5) is 13.4. The largest absolute Gasteiger partial charge is 0.393 e. The third-order valence-electron chi connectivity index (χ3n) is 1.19. The molecule has 0 bridgehead atoms. The van der Waals surface area contributed by atoms with Gasteiger partial charge in [0.15, 0.2) is 6.29 Å². The molecule has 0 aromatic carbocycles. The predicted molar refractivity (Wildman–Crippen MR) is 32.7 cm³/mol. The van der Waals surface area contributed by atoms with E-state index in [0.717, 1.165) is 0 Å². The summed E-state index contributed by atoms with van der Waals surface area (Å²) in [6.07, 6.45) is -4.58. The summed E-state index contributed by atoms with van der Waals surface area (Å²) in [5, 5.41) is 33.9. The quantitative estimate of drug-likeness (QED) is 0.209. The molecule has 0 aromatic rings. The van der Waals surface area contributed by atoms with Crippen LogP contribution in [0, 0.1) is 0 Å². The van der Waals surface area contributed by atoms with Gasteiger partial charge in [0.25, 0.3) is 0 Å². The van der Waals surface area contributed by atoms with Crippen molar-refractivity contribution >= 4 is 6.29 Å². The molecule has 0 fully saturated rings. The van der Waals surface area contributed by atoms with Crippen molar-refractivity contribution in [2.75, 3.05) is 6.61 Å². The lowest BCUT2D eigenvalue weighted by Crippen LogP contribution is -2.41. The van der Waals surface area contributed by atoms with Crippen LogP contribution in [0.3, 0.4) is 0 Å². The van der Waals surface area contributed by atoms with Gasteiger partial charge in [-0.2, -0.15) is 0 Å². The van der Waals surface area contributed by atoms with Crippen LogP contribution in [0.25, 0.3) is 0 Å². The van der Waals surface area contributed by atoms with E-state index in [2.05, 4.69) is 4.89 Å². The van der Waals surface area contributed by atoms with Crippen LogP contribution in [0.4, 0.5) is 0 Å². The summed E-state index contributed by atoms with van der Waals surface area (Å²) in [6, 6.07) is 0. The first kappa shape index (κ1) is 10.5. The van der Waals surface area contributed by atoms with E-state index in [-0.39, 0.29) is 6.29 Å². The topological polar surface area (TPSA) is 107 Å². The van der Waals surface area contributed by atoms with Crippen molar-refractivity contribution in [2.45, 2.75) is 18.3 Å². The van der Waals surface area contributed by atoms with Crippen LogP contribution < -0.4 is 0 Å². The molecule has 0 aliphatic carbocycles. The Kier molecular flexibility index (Phi) is 4.92. The van der Waals surface area contributed by atoms with Crippen molar-refractivity contribution in [2.24, 2.45) is 0 Å². The van der Waals surface area contributed by atoms with Crippen molar-refractivity contribution in [3.63, 3.8) is 0 Å². The average molecular weight is 166 g/mol. The molecule has 0 radical (unpaired) electrons. The summed E-state index contributed by atoms with van der Waals surface area (Å²) >= 11 is 0. The summed E-state index contributed by atoms with van der Waals surface area (Å²) < 4.78 is 0. The van der Waals surface area contributed by atoms with Gasteiger partial charge >= 0.3 is 0 Å². The molecule has 0 aliphatic heterocycles. The molecule has 0 heterocycles. The van der Waals surface area contributed by atoms with E-state index < -0.39 is 24.9 Å². The SMILES string of the molecule is O=C[C@@H](O)[C@@H](O)[C@H](CO)OO. The summed E-state index contributed by atoms with van der Waals surface area (Å²) in [5.41, 5.74) is 0. The molecule has 6 heteroatoms. The molecule has 0 spiro atoms. The highest BCUT2D eigenvalue weighted by Crippen LogP contribution is 2.00. The molecule has 0 amide bonds. The van der Waals surface area contributed by atoms with Gasteiger partial charge < -0.3 is 20.1 Å². The number of aliphatic hydroxyl groups excluding tert-OH is 3. The minimum Gasteiger partial charge on any atom is -0.393 e. The van der Waals surface area contributed by atoms with Crippen LogP contribution in [0.2, 0.25) is 0 Å². The number of hydrogen-bond acceptors (Lipinski definition) is 6. The molecule has 0 aliphatic rings. The van der Waals surface area contributed by atoms with E-state index in [9.17, 15) is 4.79 Å². The van der Waals surface area contributed by atoms with Crippen LogP contribution in [0.15, 0.2) is 0 Å². The summed E-state index contributed by atoms with van der Waals surface area (Å²) in [7, 11) is 0. The van der Waals surface area contributed by atoms with Gasteiger partial charge in [-0.3, -0.25) is 5.26 Å². The molecule has 11 heavy (non-hydrogen) atoms. The maximum Gasteiger partial charge on any atom is 0.151 e. The second kappa shape index (κ2) is 5.16. The maximum absolute atomic E-state index is 9.85. The zero-order valence-electron chi connectivity index (χ0n) is 5.62. The lowest BCUT2D eigenvalue weighted by molar-refractivity contribution is -0.307. The van der Waals surface area contributed by atoms with Gasteiger partial charge in [0, 0.05) is 0 Å². The predicted octanol–water partition coefficient (Wildman–Crippen LogP) is -2.24. The molecule has 6 nitrogen and oxygen atoms in total. The van der Waals surface area contributed by atoms with Crippen LogP contribution >= 0.6 is 0 Å². The van der Waals surface area contributed by atoms with Gasteiger partial charge in [0.05, 0.1) is 6.61 Å². The zero-order valence-corrected chi connectivity index (χ0v) is 5.62. The number of rotatable bonds is 5. The van der Waals surface area contributed by atoms with E-state index >= 15 is 0 Å². The number of aldehydes is 1. The fourth-order valence-corrected chi connectivity index (χ4v) is 0.504. The van der Waals surface area contributed by atoms with Crippen LogP contribution in [-0.2, 0) is 9.68 Å². The standard InChI is InChI=1S/C5H10O6/c6-1-3(8)5(9)4(2-7)11-10/h1,3-5,7-10H,2H2/t3-,4+,5-/m1/s1. The number of carbonyl (C=O) groups is 1. The van der Waals surface area contributed by atoms with E-state index in [1.54, 1.807) is 0 Å². The molecular formula is C5H10O6. The highest BCUT2D eigenvalue weighted by Gasteiger charge is 2.26. The Bertz CT molecular complexity index is 112. The van der Waals surface area contributed by atoms with Crippen molar-refractivity contribution < 1.29 is 30.3 Å². The lowest BCUT2D eigenvalue weighted by Gasteiger charge is -2.18. The number of hydrogen-bond donors (Lipinski definition) is 4. The Morgan fingerprint density at radius 2 is 2.00 bits per heavy atom. The second-order valence-corrected chi connectivity index (χ2v) is 1.94.